The summed E-state index contributed by atoms with van der Waals surface area (Å²) in [4.78, 5) is 0. The highest BCUT2D eigenvalue weighted by atomic mass is 19.1. The van der Waals surface area contributed by atoms with Gasteiger partial charge in [0.2, 0.25) is 0 Å². The van der Waals surface area contributed by atoms with Crippen LogP contribution in [0, 0.1) is 5.82 Å². The minimum Gasteiger partial charge on any atom is -0.488 e. The van der Waals surface area contributed by atoms with Gasteiger partial charge in [0.25, 0.3) is 0 Å². The Morgan fingerprint density at radius 3 is 2.78 bits per heavy atom. The summed E-state index contributed by atoms with van der Waals surface area (Å²) in [5.74, 6) is -0.592. The Balaban J connectivity index is 2.52. The highest BCUT2D eigenvalue weighted by Gasteiger charge is 2.07. The summed E-state index contributed by atoms with van der Waals surface area (Å²) in [6.45, 7) is 3.36. The van der Waals surface area contributed by atoms with E-state index in [1.807, 2.05) is 6.92 Å². The van der Waals surface area contributed by atoms with E-state index < -0.39 is 5.82 Å². The molecule has 18 heavy (non-hydrogen) atoms. The first kappa shape index (κ1) is 14.2. The van der Waals surface area contributed by atoms with Crippen molar-refractivity contribution in [2.75, 3.05) is 19.8 Å². The van der Waals surface area contributed by atoms with Crippen molar-refractivity contribution in [1.29, 1.82) is 0 Å². The van der Waals surface area contributed by atoms with Crippen molar-refractivity contribution >= 4 is 5.84 Å². The summed E-state index contributed by atoms with van der Waals surface area (Å²) in [6, 6.07) is 4.10. The standard InChI is InChI=1S/C12H17FN2O3/c1-2-5-17-6-7-18-11-4-3-9(8-10(11)13)12(14)15-16/h3-4,8,16H,2,5-7H2,1H3,(H2,14,15). The first-order valence-corrected chi connectivity index (χ1v) is 5.67. The zero-order valence-electron chi connectivity index (χ0n) is 10.2. The molecule has 1 aromatic carbocycles. The summed E-state index contributed by atoms with van der Waals surface area (Å²) in [7, 11) is 0. The molecular weight excluding hydrogens is 239 g/mol. The van der Waals surface area contributed by atoms with Gasteiger partial charge < -0.3 is 20.4 Å². The van der Waals surface area contributed by atoms with Gasteiger partial charge in [-0.15, -0.1) is 0 Å². The Morgan fingerprint density at radius 1 is 1.39 bits per heavy atom. The number of nitrogens with two attached hydrogens (primary N) is 1. The number of amidine groups is 1. The lowest BCUT2D eigenvalue weighted by molar-refractivity contribution is 0.0992. The number of hydrogen-bond acceptors (Lipinski definition) is 4. The van der Waals surface area contributed by atoms with Crippen LogP contribution in [0.5, 0.6) is 5.75 Å². The van der Waals surface area contributed by atoms with Crippen LogP contribution < -0.4 is 10.5 Å². The molecule has 0 amide bonds. The van der Waals surface area contributed by atoms with Crippen molar-refractivity contribution < 1.29 is 19.1 Å². The van der Waals surface area contributed by atoms with Crippen LogP contribution in [0.2, 0.25) is 0 Å². The van der Waals surface area contributed by atoms with E-state index in [4.69, 9.17) is 20.4 Å². The Hall–Kier alpha value is -1.82. The van der Waals surface area contributed by atoms with Gasteiger partial charge in [-0.1, -0.05) is 12.1 Å². The molecule has 0 aliphatic carbocycles. The van der Waals surface area contributed by atoms with E-state index in [1.54, 1.807) is 0 Å². The van der Waals surface area contributed by atoms with E-state index in [0.29, 0.717) is 18.8 Å². The van der Waals surface area contributed by atoms with E-state index in [0.717, 1.165) is 12.5 Å². The molecule has 0 aromatic heterocycles. The number of halogens is 1. The van der Waals surface area contributed by atoms with Crippen molar-refractivity contribution in [3.8, 4) is 5.75 Å². The van der Waals surface area contributed by atoms with Crippen LogP contribution in [-0.4, -0.2) is 30.9 Å². The third kappa shape index (κ3) is 4.21. The third-order valence-corrected chi connectivity index (χ3v) is 2.17. The number of rotatable bonds is 7. The molecule has 0 heterocycles. The number of ether oxygens (including phenoxy) is 2. The number of hydrogen-bond donors (Lipinski definition) is 2. The van der Waals surface area contributed by atoms with E-state index >= 15 is 0 Å². The van der Waals surface area contributed by atoms with Crippen molar-refractivity contribution in [2.45, 2.75) is 13.3 Å². The van der Waals surface area contributed by atoms with Crippen molar-refractivity contribution in [3.63, 3.8) is 0 Å². The van der Waals surface area contributed by atoms with Gasteiger partial charge in [0.05, 0.1) is 6.61 Å². The molecular formula is C12H17FN2O3. The van der Waals surface area contributed by atoms with Crippen LogP contribution in [-0.2, 0) is 4.74 Å². The van der Waals surface area contributed by atoms with E-state index in [1.165, 1.54) is 12.1 Å². The zero-order valence-corrected chi connectivity index (χ0v) is 10.2. The molecule has 6 heteroatoms. The third-order valence-electron chi connectivity index (χ3n) is 2.17. The highest BCUT2D eigenvalue weighted by Crippen LogP contribution is 2.18. The summed E-state index contributed by atoms with van der Waals surface area (Å²) < 4.78 is 24.0. The first-order chi connectivity index (χ1) is 8.69. The Morgan fingerprint density at radius 2 is 2.17 bits per heavy atom. The average molecular weight is 256 g/mol. The second kappa shape index (κ2) is 7.50. The highest BCUT2D eigenvalue weighted by molar-refractivity contribution is 5.97. The average Bonchev–Trinajstić information content (AvgIpc) is 2.39. The lowest BCUT2D eigenvalue weighted by Crippen LogP contribution is -2.14. The molecule has 0 spiro atoms. The van der Waals surface area contributed by atoms with Gasteiger partial charge in [-0.25, -0.2) is 4.39 Å². The van der Waals surface area contributed by atoms with Gasteiger partial charge in [-0.05, 0) is 24.6 Å². The van der Waals surface area contributed by atoms with Crippen molar-refractivity contribution in [1.82, 2.24) is 0 Å². The summed E-state index contributed by atoms with van der Waals surface area (Å²) in [5, 5.41) is 11.3. The van der Waals surface area contributed by atoms with Crippen LogP contribution in [0.25, 0.3) is 0 Å². The van der Waals surface area contributed by atoms with Crippen LogP contribution >= 0.6 is 0 Å². The molecule has 0 aliphatic rings. The molecule has 0 atom stereocenters. The molecule has 0 aliphatic heterocycles. The number of nitrogens with zero attached hydrogens (tertiary/aromatic N) is 1. The van der Waals surface area contributed by atoms with Gasteiger partial charge in [0.15, 0.2) is 17.4 Å². The van der Waals surface area contributed by atoms with Gasteiger partial charge in [0, 0.05) is 12.2 Å². The molecule has 1 aromatic rings. The minimum atomic E-state index is -0.561. The SMILES string of the molecule is CCCOCCOc1ccc(C(N)=NO)cc1F. The van der Waals surface area contributed by atoms with E-state index in [-0.39, 0.29) is 18.2 Å². The van der Waals surface area contributed by atoms with Crippen LogP contribution in [0.4, 0.5) is 4.39 Å². The van der Waals surface area contributed by atoms with Gasteiger partial charge in [-0.2, -0.15) is 0 Å². The topological polar surface area (TPSA) is 77.1 Å². The summed E-state index contributed by atoms with van der Waals surface area (Å²) >= 11 is 0. The molecule has 0 radical (unpaired) electrons. The van der Waals surface area contributed by atoms with E-state index in [9.17, 15) is 4.39 Å². The molecule has 0 fully saturated rings. The molecule has 5 nitrogen and oxygen atoms in total. The first-order valence-electron chi connectivity index (χ1n) is 5.67. The van der Waals surface area contributed by atoms with Crippen molar-refractivity contribution in [3.05, 3.63) is 29.6 Å². The lowest BCUT2D eigenvalue weighted by atomic mass is 10.2. The maximum atomic E-state index is 13.6. The minimum absolute atomic E-state index is 0.115. The monoisotopic (exact) mass is 256 g/mol. The smallest absolute Gasteiger partial charge is 0.170 e. The zero-order chi connectivity index (χ0) is 13.4. The largest absolute Gasteiger partial charge is 0.488 e. The Labute approximate surface area is 105 Å². The maximum Gasteiger partial charge on any atom is 0.170 e. The molecule has 3 N–H and O–H groups in total. The quantitative estimate of drug-likeness (QED) is 0.256. The van der Waals surface area contributed by atoms with E-state index in [2.05, 4.69) is 5.16 Å². The molecule has 1 rings (SSSR count). The molecule has 0 bridgehead atoms. The second-order valence-electron chi connectivity index (χ2n) is 3.59. The fourth-order valence-corrected chi connectivity index (χ4v) is 1.29. The molecule has 0 saturated carbocycles. The van der Waals surface area contributed by atoms with Gasteiger partial charge in [-0.3, -0.25) is 0 Å². The normalized spacial score (nSPS) is 11.6. The fraction of sp³-hybridized carbons (Fsp3) is 0.417. The molecule has 0 saturated heterocycles. The van der Waals surface area contributed by atoms with Gasteiger partial charge >= 0.3 is 0 Å². The summed E-state index contributed by atoms with van der Waals surface area (Å²) in [6.07, 6.45) is 0.933. The molecule has 100 valence electrons. The summed E-state index contributed by atoms with van der Waals surface area (Å²) in [5.41, 5.74) is 5.64. The number of oxime groups is 1. The lowest BCUT2D eigenvalue weighted by Gasteiger charge is -2.08. The van der Waals surface area contributed by atoms with Crippen molar-refractivity contribution in [2.24, 2.45) is 10.9 Å². The fourth-order valence-electron chi connectivity index (χ4n) is 1.29. The predicted molar refractivity (Wildman–Crippen MR) is 65.5 cm³/mol. The maximum absolute atomic E-state index is 13.6. The van der Waals surface area contributed by atoms with Crippen LogP contribution in [0.3, 0.4) is 0 Å². The van der Waals surface area contributed by atoms with Crippen LogP contribution in [0.1, 0.15) is 18.9 Å². The Bertz CT molecular complexity index is 410. The van der Waals surface area contributed by atoms with Crippen LogP contribution in [0.15, 0.2) is 23.4 Å². The Kier molecular flexibility index (Phi) is 5.93. The van der Waals surface area contributed by atoms with Gasteiger partial charge in [0.1, 0.15) is 6.61 Å². The predicted octanol–water partition coefficient (Wildman–Crippen LogP) is 1.73. The second-order valence-corrected chi connectivity index (χ2v) is 3.59. The number of benzene rings is 1. The molecule has 0 unspecified atom stereocenters.